The predicted molar refractivity (Wildman–Crippen MR) is 92.6 cm³/mol. The number of carbonyl (C=O) groups is 3. The summed E-state index contributed by atoms with van der Waals surface area (Å²) in [6.45, 7) is 0. The van der Waals surface area contributed by atoms with E-state index in [9.17, 15) is 19.5 Å². The van der Waals surface area contributed by atoms with Crippen molar-refractivity contribution in [2.75, 3.05) is 12.0 Å². The van der Waals surface area contributed by atoms with Crippen LogP contribution >= 0.6 is 0 Å². The lowest BCUT2D eigenvalue weighted by molar-refractivity contribution is -0.121. The maximum Gasteiger partial charge on any atom is 0.269 e. The summed E-state index contributed by atoms with van der Waals surface area (Å²) >= 11 is 0. The van der Waals surface area contributed by atoms with Crippen molar-refractivity contribution in [1.82, 2.24) is 10.9 Å². The third kappa shape index (κ3) is 3.35. The molecule has 8 nitrogen and oxygen atoms in total. The van der Waals surface area contributed by atoms with Gasteiger partial charge in [0.25, 0.3) is 11.8 Å². The highest BCUT2D eigenvalue weighted by Crippen LogP contribution is 2.25. The molecule has 3 rings (SSSR count). The molecule has 1 aliphatic heterocycles. The maximum atomic E-state index is 12.5. The summed E-state index contributed by atoms with van der Waals surface area (Å²) in [5, 5.41) is 9.67. The van der Waals surface area contributed by atoms with E-state index in [1.54, 1.807) is 36.4 Å². The van der Waals surface area contributed by atoms with Gasteiger partial charge in [0, 0.05) is 0 Å². The number of imide groups is 1. The van der Waals surface area contributed by atoms with Gasteiger partial charge in [0.2, 0.25) is 5.91 Å². The minimum atomic E-state index is -0.889. The second kappa shape index (κ2) is 7.24. The highest BCUT2D eigenvalue weighted by molar-refractivity contribution is 6.22. The Morgan fingerprint density at radius 2 is 1.85 bits per heavy atom. The molecule has 1 heterocycles. The number of nitrogens with zero attached hydrogens (tertiary/aromatic N) is 1. The summed E-state index contributed by atoms with van der Waals surface area (Å²) in [4.78, 5) is 37.8. The number of aromatic hydroxyl groups is 1. The van der Waals surface area contributed by atoms with E-state index in [4.69, 9.17) is 4.74 Å². The van der Waals surface area contributed by atoms with Crippen LogP contribution in [0.1, 0.15) is 16.8 Å². The molecule has 3 amide bonds. The van der Waals surface area contributed by atoms with Gasteiger partial charge in [-0.3, -0.25) is 19.8 Å². The fraction of sp³-hybridized carbons (Fsp3) is 0.167. The first-order valence-corrected chi connectivity index (χ1v) is 7.86. The fourth-order valence-electron chi connectivity index (χ4n) is 2.63. The fourth-order valence-corrected chi connectivity index (χ4v) is 2.63. The minimum Gasteiger partial charge on any atom is -0.507 e. The van der Waals surface area contributed by atoms with Crippen LogP contribution < -0.4 is 20.5 Å². The van der Waals surface area contributed by atoms with E-state index < -0.39 is 17.9 Å². The number of hydrogen-bond acceptors (Lipinski definition) is 6. The topological polar surface area (TPSA) is 108 Å². The zero-order valence-electron chi connectivity index (χ0n) is 13.9. The van der Waals surface area contributed by atoms with Crippen LogP contribution in [-0.2, 0) is 9.59 Å². The number of phenolic OH excluding ortho intramolecular Hbond substituents is 1. The van der Waals surface area contributed by atoms with Crippen molar-refractivity contribution in [3.8, 4) is 11.5 Å². The van der Waals surface area contributed by atoms with Crippen LogP contribution in [0.15, 0.2) is 48.5 Å². The van der Waals surface area contributed by atoms with Crippen LogP contribution in [0.3, 0.4) is 0 Å². The van der Waals surface area contributed by atoms with Gasteiger partial charge in [0.15, 0.2) is 0 Å². The SMILES string of the molecule is COc1ccc(N2C(=O)C[C@H](NNC(=O)c3ccccc3O)C2=O)cc1. The normalized spacial score (nSPS) is 16.7. The third-order valence-electron chi connectivity index (χ3n) is 3.99. The van der Waals surface area contributed by atoms with Gasteiger partial charge in [-0.1, -0.05) is 12.1 Å². The highest BCUT2D eigenvalue weighted by atomic mass is 16.5. The number of benzene rings is 2. The van der Waals surface area contributed by atoms with Gasteiger partial charge < -0.3 is 9.84 Å². The van der Waals surface area contributed by atoms with Gasteiger partial charge in [-0.15, -0.1) is 0 Å². The number of amides is 3. The van der Waals surface area contributed by atoms with Gasteiger partial charge in [-0.2, -0.15) is 0 Å². The molecule has 8 heteroatoms. The number of ether oxygens (including phenoxy) is 1. The van der Waals surface area contributed by atoms with Gasteiger partial charge >= 0.3 is 0 Å². The molecule has 0 unspecified atom stereocenters. The van der Waals surface area contributed by atoms with E-state index in [1.165, 1.54) is 19.2 Å². The Kier molecular flexibility index (Phi) is 4.85. The lowest BCUT2D eigenvalue weighted by Gasteiger charge is -2.16. The lowest BCUT2D eigenvalue weighted by atomic mass is 10.2. The molecule has 1 aliphatic rings. The predicted octanol–water partition coefficient (Wildman–Crippen LogP) is 0.967. The molecule has 1 fully saturated rings. The number of anilines is 1. The molecule has 2 aromatic rings. The van der Waals surface area contributed by atoms with Crippen molar-refractivity contribution >= 4 is 23.4 Å². The van der Waals surface area contributed by atoms with Crippen LogP contribution in [0.25, 0.3) is 0 Å². The van der Waals surface area contributed by atoms with Gasteiger partial charge in [0.1, 0.15) is 17.5 Å². The molecule has 2 aromatic carbocycles. The smallest absolute Gasteiger partial charge is 0.269 e. The zero-order valence-corrected chi connectivity index (χ0v) is 13.9. The Bertz CT molecular complexity index is 850. The van der Waals surface area contributed by atoms with E-state index in [0.29, 0.717) is 11.4 Å². The average Bonchev–Trinajstić information content (AvgIpc) is 2.93. The van der Waals surface area contributed by atoms with E-state index in [2.05, 4.69) is 10.9 Å². The van der Waals surface area contributed by atoms with Gasteiger partial charge in [-0.25, -0.2) is 10.3 Å². The van der Waals surface area contributed by atoms with Crippen LogP contribution in [0, 0.1) is 0 Å². The van der Waals surface area contributed by atoms with Gasteiger partial charge in [-0.05, 0) is 36.4 Å². The first-order valence-electron chi connectivity index (χ1n) is 7.86. The van der Waals surface area contributed by atoms with Crippen LogP contribution in [-0.4, -0.2) is 36.0 Å². The summed E-state index contributed by atoms with van der Waals surface area (Å²) < 4.78 is 5.05. The molecule has 0 aliphatic carbocycles. The van der Waals surface area contributed by atoms with Crippen molar-refractivity contribution in [3.05, 3.63) is 54.1 Å². The second-order valence-electron chi connectivity index (χ2n) is 5.64. The molecule has 0 spiro atoms. The number of carbonyl (C=O) groups excluding carboxylic acids is 3. The first kappa shape index (κ1) is 17.4. The van der Waals surface area contributed by atoms with Crippen molar-refractivity contribution in [3.63, 3.8) is 0 Å². The second-order valence-corrected chi connectivity index (χ2v) is 5.64. The van der Waals surface area contributed by atoms with Crippen molar-refractivity contribution < 1.29 is 24.2 Å². The van der Waals surface area contributed by atoms with Crippen molar-refractivity contribution in [2.24, 2.45) is 0 Å². The number of hydrogen-bond donors (Lipinski definition) is 3. The summed E-state index contributed by atoms with van der Waals surface area (Å²) in [6, 6.07) is 11.6. The van der Waals surface area contributed by atoms with Crippen LogP contribution in [0.2, 0.25) is 0 Å². The molecule has 1 atom stereocenters. The molecule has 1 saturated heterocycles. The lowest BCUT2D eigenvalue weighted by Crippen LogP contribution is -2.48. The molecular weight excluding hydrogens is 338 g/mol. The summed E-state index contributed by atoms with van der Waals surface area (Å²) in [5.74, 6) is -1.03. The highest BCUT2D eigenvalue weighted by Gasteiger charge is 2.39. The zero-order chi connectivity index (χ0) is 18.7. The van der Waals surface area contributed by atoms with E-state index in [-0.39, 0.29) is 23.6 Å². The molecule has 134 valence electrons. The number of hydrazine groups is 1. The molecule has 26 heavy (non-hydrogen) atoms. The molecule has 0 radical (unpaired) electrons. The van der Waals surface area contributed by atoms with Crippen LogP contribution in [0.4, 0.5) is 5.69 Å². The number of phenols is 1. The Labute approximate surface area is 149 Å². The Morgan fingerprint density at radius 1 is 1.15 bits per heavy atom. The Morgan fingerprint density at radius 3 is 2.50 bits per heavy atom. The van der Waals surface area contributed by atoms with Crippen molar-refractivity contribution in [2.45, 2.75) is 12.5 Å². The van der Waals surface area contributed by atoms with Crippen molar-refractivity contribution in [1.29, 1.82) is 0 Å². The molecule has 0 saturated carbocycles. The van der Waals surface area contributed by atoms with E-state index >= 15 is 0 Å². The Balaban J connectivity index is 1.67. The molecule has 0 aromatic heterocycles. The quantitative estimate of drug-likeness (QED) is 0.545. The summed E-state index contributed by atoms with van der Waals surface area (Å²) in [5.41, 5.74) is 5.40. The minimum absolute atomic E-state index is 0.0591. The standard InChI is InChI=1S/C18H17N3O5/c1-26-12-8-6-11(7-9-12)21-16(23)10-14(18(21)25)19-20-17(24)13-4-2-3-5-15(13)22/h2-9,14,19,22H,10H2,1H3,(H,20,24)/t14-/m0/s1. The maximum absolute atomic E-state index is 12.5. The summed E-state index contributed by atoms with van der Waals surface area (Å²) in [6.07, 6.45) is -0.0914. The van der Waals surface area contributed by atoms with Gasteiger partial charge in [0.05, 0.1) is 24.8 Å². The van der Waals surface area contributed by atoms with Crippen LogP contribution in [0.5, 0.6) is 11.5 Å². The molecular formula is C18H17N3O5. The molecule has 3 N–H and O–H groups in total. The van der Waals surface area contributed by atoms with E-state index in [1.807, 2.05) is 0 Å². The monoisotopic (exact) mass is 355 g/mol. The largest absolute Gasteiger partial charge is 0.507 e. The number of nitrogens with one attached hydrogen (secondary N) is 2. The third-order valence-corrected chi connectivity index (χ3v) is 3.99. The number of rotatable bonds is 5. The number of para-hydroxylation sites is 1. The van der Waals surface area contributed by atoms with E-state index in [0.717, 1.165) is 4.90 Å². The first-order chi connectivity index (χ1) is 12.5. The Hall–Kier alpha value is -3.39. The number of methoxy groups -OCH3 is 1. The average molecular weight is 355 g/mol. The molecule has 0 bridgehead atoms. The summed E-state index contributed by atoms with van der Waals surface area (Å²) in [7, 11) is 1.52.